The highest BCUT2D eigenvalue weighted by Gasteiger charge is 2.15. The van der Waals surface area contributed by atoms with E-state index in [-0.39, 0.29) is 11.9 Å². The molecule has 1 aliphatic heterocycles. The number of fused-ring (bicyclic) bond motifs is 1. The van der Waals surface area contributed by atoms with E-state index in [1.54, 1.807) is 4.52 Å². The number of aryl methyl sites for hydroxylation is 1. The molecule has 0 radical (unpaired) electrons. The van der Waals surface area contributed by atoms with Gasteiger partial charge in [-0.1, -0.05) is 6.92 Å². The lowest BCUT2D eigenvalue weighted by Gasteiger charge is -2.27. The van der Waals surface area contributed by atoms with Crippen LogP contribution in [0.15, 0.2) is 12.1 Å². The summed E-state index contributed by atoms with van der Waals surface area (Å²) in [5.74, 6) is 1.63. The number of hydrogen-bond donors (Lipinski definition) is 1. The molecule has 0 spiro atoms. The quantitative estimate of drug-likeness (QED) is 0.843. The van der Waals surface area contributed by atoms with Gasteiger partial charge >= 0.3 is 0 Å². The van der Waals surface area contributed by atoms with Crippen molar-refractivity contribution in [2.45, 2.75) is 39.2 Å². The van der Waals surface area contributed by atoms with Gasteiger partial charge in [0.1, 0.15) is 5.82 Å². The largest absolute Gasteiger partial charge is 0.378 e. The highest BCUT2D eigenvalue weighted by Crippen LogP contribution is 2.14. The molecule has 0 aromatic carbocycles. The SMILES string of the molecule is CCC(C)NC(=O)CCc1nnc2ccc(N3CCOCC3)nn12. The predicted molar refractivity (Wildman–Crippen MR) is 90.0 cm³/mol. The van der Waals surface area contributed by atoms with E-state index >= 15 is 0 Å². The Hall–Kier alpha value is -2.22. The molecule has 1 fully saturated rings. The van der Waals surface area contributed by atoms with Crippen LogP contribution in [-0.2, 0) is 16.0 Å². The second-order valence-corrected chi connectivity index (χ2v) is 6.05. The molecule has 24 heavy (non-hydrogen) atoms. The lowest BCUT2D eigenvalue weighted by molar-refractivity contribution is -0.121. The van der Waals surface area contributed by atoms with Crippen molar-refractivity contribution in [3.63, 3.8) is 0 Å². The minimum absolute atomic E-state index is 0.0328. The predicted octanol–water partition coefficient (Wildman–Crippen LogP) is 0.808. The van der Waals surface area contributed by atoms with Crippen molar-refractivity contribution in [3.05, 3.63) is 18.0 Å². The summed E-state index contributed by atoms with van der Waals surface area (Å²) in [4.78, 5) is 14.1. The molecule has 130 valence electrons. The van der Waals surface area contributed by atoms with Crippen LogP contribution in [0.1, 0.15) is 32.5 Å². The Labute approximate surface area is 141 Å². The van der Waals surface area contributed by atoms with Crippen molar-refractivity contribution < 1.29 is 9.53 Å². The second kappa shape index (κ2) is 7.57. The smallest absolute Gasteiger partial charge is 0.220 e. The molecule has 0 bridgehead atoms. The Morgan fingerprint density at radius 1 is 1.33 bits per heavy atom. The Morgan fingerprint density at radius 3 is 2.88 bits per heavy atom. The van der Waals surface area contributed by atoms with E-state index in [1.165, 1.54) is 0 Å². The van der Waals surface area contributed by atoms with Crippen molar-refractivity contribution >= 4 is 17.4 Å². The molecule has 3 rings (SSSR count). The first-order valence-electron chi connectivity index (χ1n) is 8.50. The summed E-state index contributed by atoms with van der Waals surface area (Å²) >= 11 is 0. The maximum Gasteiger partial charge on any atom is 0.220 e. The van der Waals surface area contributed by atoms with E-state index in [2.05, 4.69) is 25.5 Å². The molecular weight excluding hydrogens is 308 g/mol. The first-order chi connectivity index (χ1) is 11.7. The Kier molecular flexibility index (Phi) is 5.24. The van der Waals surface area contributed by atoms with Gasteiger partial charge in [0.05, 0.1) is 13.2 Å². The third-order valence-electron chi connectivity index (χ3n) is 4.24. The first-order valence-corrected chi connectivity index (χ1v) is 8.50. The van der Waals surface area contributed by atoms with E-state index in [0.717, 1.165) is 25.3 Å². The molecular formula is C16H24N6O2. The maximum absolute atomic E-state index is 11.9. The van der Waals surface area contributed by atoms with Gasteiger partial charge in [0, 0.05) is 32.0 Å². The van der Waals surface area contributed by atoms with Crippen LogP contribution in [-0.4, -0.2) is 58.1 Å². The van der Waals surface area contributed by atoms with Crippen molar-refractivity contribution in [3.8, 4) is 0 Å². The highest BCUT2D eigenvalue weighted by molar-refractivity contribution is 5.76. The van der Waals surface area contributed by atoms with Crippen molar-refractivity contribution in [1.29, 1.82) is 0 Å². The van der Waals surface area contributed by atoms with E-state index in [1.807, 2.05) is 26.0 Å². The van der Waals surface area contributed by atoms with E-state index < -0.39 is 0 Å². The number of ether oxygens (including phenoxy) is 1. The zero-order valence-electron chi connectivity index (χ0n) is 14.2. The second-order valence-electron chi connectivity index (χ2n) is 6.05. The summed E-state index contributed by atoms with van der Waals surface area (Å²) < 4.78 is 7.12. The average Bonchev–Trinajstić information content (AvgIpc) is 3.03. The fourth-order valence-corrected chi connectivity index (χ4v) is 2.62. The maximum atomic E-state index is 11.9. The van der Waals surface area contributed by atoms with Gasteiger partial charge < -0.3 is 15.0 Å². The standard InChI is InChI=1S/C16H24N6O2/c1-3-12(2)17-16(23)7-6-14-19-18-13-4-5-15(20-22(13)14)21-8-10-24-11-9-21/h4-5,12H,3,6-11H2,1-2H3,(H,17,23). The number of hydrogen-bond acceptors (Lipinski definition) is 6. The van der Waals surface area contributed by atoms with Crippen molar-refractivity contribution in [1.82, 2.24) is 25.1 Å². The summed E-state index contributed by atoms with van der Waals surface area (Å²) in [6.07, 6.45) is 1.82. The summed E-state index contributed by atoms with van der Waals surface area (Å²) in [6.45, 7) is 7.13. The number of carbonyl (C=O) groups is 1. The minimum atomic E-state index is 0.0328. The van der Waals surface area contributed by atoms with Crippen LogP contribution in [0.4, 0.5) is 5.82 Å². The van der Waals surface area contributed by atoms with Gasteiger partial charge in [-0.3, -0.25) is 4.79 Å². The molecule has 0 aliphatic carbocycles. The number of morpholine rings is 1. The highest BCUT2D eigenvalue weighted by atomic mass is 16.5. The van der Waals surface area contributed by atoms with Crippen LogP contribution >= 0.6 is 0 Å². The van der Waals surface area contributed by atoms with Gasteiger partial charge in [-0.25, -0.2) is 0 Å². The molecule has 1 atom stereocenters. The zero-order chi connectivity index (χ0) is 16.9. The minimum Gasteiger partial charge on any atom is -0.378 e. The van der Waals surface area contributed by atoms with E-state index in [9.17, 15) is 4.79 Å². The third-order valence-corrected chi connectivity index (χ3v) is 4.24. The number of amides is 1. The molecule has 2 aromatic rings. The monoisotopic (exact) mass is 332 g/mol. The van der Waals surface area contributed by atoms with E-state index in [0.29, 0.717) is 37.5 Å². The van der Waals surface area contributed by atoms with E-state index in [4.69, 9.17) is 4.74 Å². The van der Waals surface area contributed by atoms with Gasteiger partial charge in [0.2, 0.25) is 5.91 Å². The molecule has 1 N–H and O–H groups in total. The molecule has 1 amide bonds. The average molecular weight is 332 g/mol. The fraction of sp³-hybridized carbons (Fsp3) is 0.625. The molecule has 8 nitrogen and oxygen atoms in total. The Balaban J connectivity index is 1.70. The van der Waals surface area contributed by atoms with Crippen LogP contribution in [0.3, 0.4) is 0 Å². The first kappa shape index (κ1) is 16.6. The van der Waals surface area contributed by atoms with Gasteiger partial charge in [-0.2, -0.15) is 4.52 Å². The molecule has 8 heteroatoms. The number of nitrogens with zero attached hydrogens (tertiary/aromatic N) is 5. The summed E-state index contributed by atoms with van der Waals surface area (Å²) in [5.41, 5.74) is 0.698. The normalized spacial score (nSPS) is 16.3. The number of anilines is 1. The van der Waals surface area contributed by atoms with Gasteiger partial charge in [0.15, 0.2) is 11.5 Å². The molecule has 1 aliphatic rings. The third kappa shape index (κ3) is 3.81. The Morgan fingerprint density at radius 2 is 2.12 bits per heavy atom. The van der Waals surface area contributed by atoms with Crippen LogP contribution in [0, 0.1) is 0 Å². The van der Waals surface area contributed by atoms with Crippen LogP contribution in [0.25, 0.3) is 5.65 Å². The number of carbonyl (C=O) groups excluding carboxylic acids is 1. The van der Waals surface area contributed by atoms with Crippen LogP contribution < -0.4 is 10.2 Å². The van der Waals surface area contributed by atoms with Crippen LogP contribution in [0.2, 0.25) is 0 Å². The fourth-order valence-electron chi connectivity index (χ4n) is 2.62. The lowest BCUT2D eigenvalue weighted by atomic mass is 10.2. The number of rotatable bonds is 6. The van der Waals surface area contributed by atoms with Crippen molar-refractivity contribution in [2.24, 2.45) is 0 Å². The number of nitrogens with one attached hydrogen (secondary N) is 1. The molecule has 1 saturated heterocycles. The Bertz CT molecular complexity index is 695. The molecule has 0 saturated carbocycles. The van der Waals surface area contributed by atoms with Gasteiger partial charge in [-0.05, 0) is 25.5 Å². The number of aromatic nitrogens is 4. The summed E-state index contributed by atoms with van der Waals surface area (Å²) in [6, 6.07) is 4.06. The summed E-state index contributed by atoms with van der Waals surface area (Å²) in [7, 11) is 0. The molecule has 3 heterocycles. The zero-order valence-corrected chi connectivity index (χ0v) is 14.2. The van der Waals surface area contributed by atoms with Crippen LogP contribution in [0.5, 0.6) is 0 Å². The molecule has 2 aromatic heterocycles. The summed E-state index contributed by atoms with van der Waals surface area (Å²) in [5, 5.41) is 15.9. The van der Waals surface area contributed by atoms with Gasteiger partial charge in [-0.15, -0.1) is 15.3 Å². The lowest BCUT2D eigenvalue weighted by Crippen LogP contribution is -2.37. The topological polar surface area (TPSA) is 84.7 Å². The van der Waals surface area contributed by atoms with Crippen molar-refractivity contribution in [2.75, 3.05) is 31.2 Å². The van der Waals surface area contributed by atoms with Gasteiger partial charge in [0.25, 0.3) is 0 Å². The molecule has 1 unspecified atom stereocenters.